The topological polar surface area (TPSA) is 58.6 Å². The molecule has 0 fully saturated rings. The van der Waals surface area contributed by atoms with Gasteiger partial charge in [-0.2, -0.15) is 0 Å². The summed E-state index contributed by atoms with van der Waals surface area (Å²) in [4.78, 5) is 11.6. The van der Waals surface area contributed by atoms with Crippen molar-refractivity contribution < 1.29 is 23.4 Å². The Morgan fingerprint density at radius 2 is 1.79 bits per heavy atom. The van der Waals surface area contributed by atoms with E-state index in [1.807, 2.05) is 26.0 Å². The van der Waals surface area contributed by atoms with Gasteiger partial charge in [0, 0.05) is 22.9 Å². The molecule has 2 N–H and O–H groups in total. The van der Waals surface area contributed by atoms with Crippen LogP contribution in [0.1, 0.15) is 52.5 Å². The highest BCUT2D eigenvalue weighted by Crippen LogP contribution is 2.45. The summed E-state index contributed by atoms with van der Waals surface area (Å²) in [5, 5.41) is 12.8. The first-order valence-electron chi connectivity index (χ1n) is 10.4. The number of carboxylic acids is 1. The molecule has 1 aliphatic heterocycles. The number of nitrogens with one attached hydrogen (secondary N) is 1. The van der Waals surface area contributed by atoms with E-state index >= 15 is 0 Å². The zero-order chi connectivity index (χ0) is 23.9. The number of fused-ring (bicyclic) bond motifs is 1. The molecule has 0 aliphatic carbocycles. The third kappa shape index (κ3) is 4.12. The van der Waals surface area contributed by atoms with Gasteiger partial charge >= 0.3 is 5.97 Å². The molecule has 1 atom stereocenters. The average Bonchev–Trinajstić information content (AvgIpc) is 2.76. The molecular formula is C27H23F2NO3. The van der Waals surface area contributed by atoms with Crippen molar-refractivity contribution >= 4 is 23.0 Å². The van der Waals surface area contributed by atoms with Crippen LogP contribution in [0, 0.1) is 18.6 Å². The Labute approximate surface area is 190 Å². The lowest BCUT2D eigenvalue weighted by atomic mass is 9.89. The summed E-state index contributed by atoms with van der Waals surface area (Å²) in [7, 11) is 0. The van der Waals surface area contributed by atoms with Gasteiger partial charge < -0.3 is 15.2 Å². The third-order valence-corrected chi connectivity index (χ3v) is 5.76. The number of halogens is 2. The number of hydrogen-bond donors (Lipinski definition) is 2. The SMILES string of the molecule is C=C1C(C)=C(c2ccc(F)cc2F)Oc2c1cc(C)cc2C(C)Nc1ccccc1C(=O)O. The number of allylic oxidation sites excluding steroid dienone is 2. The van der Waals surface area contributed by atoms with E-state index in [0.29, 0.717) is 22.6 Å². The van der Waals surface area contributed by atoms with Crippen LogP contribution in [0.5, 0.6) is 5.75 Å². The van der Waals surface area contributed by atoms with E-state index in [1.54, 1.807) is 25.1 Å². The summed E-state index contributed by atoms with van der Waals surface area (Å²) in [6.07, 6.45) is 0. The molecule has 4 nitrogen and oxygen atoms in total. The number of anilines is 1. The van der Waals surface area contributed by atoms with Crippen LogP contribution in [0.15, 0.2) is 66.7 Å². The molecule has 6 heteroatoms. The lowest BCUT2D eigenvalue weighted by molar-refractivity contribution is 0.0698. The molecule has 3 aromatic carbocycles. The van der Waals surface area contributed by atoms with Crippen LogP contribution in [0.4, 0.5) is 14.5 Å². The van der Waals surface area contributed by atoms with Gasteiger partial charge in [0.25, 0.3) is 0 Å². The predicted molar refractivity (Wildman–Crippen MR) is 125 cm³/mol. The molecule has 168 valence electrons. The Morgan fingerprint density at radius 3 is 2.48 bits per heavy atom. The maximum absolute atomic E-state index is 14.6. The van der Waals surface area contributed by atoms with E-state index in [2.05, 4.69) is 11.9 Å². The number of carboxylic acid groups (broad SMARTS) is 1. The number of aryl methyl sites for hydroxylation is 1. The van der Waals surface area contributed by atoms with Crippen LogP contribution >= 0.6 is 0 Å². The van der Waals surface area contributed by atoms with Gasteiger partial charge in [-0.15, -0.1) is 0 Å². The molecule has 0 radical (unpaired) electrons. The van der Waals surface area contributed by atoms with Crippen molar-refractivity contribution in [3.8, 4) is 5.75 Å². The van der Waals surface area contributed by atoms with E-state index in [0.717, 1.165) is 22.8 Å². The van der Waals surface area contributed by atoms with Crippen molar-refractivity contribution in [3.05, 3.63) is 106 Å². The smallest absolute Gasteiger partial charge is 0.337 e. The summed E-state index contributed by atoms with van der Waals surface area (Å²) in [5.74, 6) is -1.66. The van der Waals surface area contributed by atoms with Gasteiger partial charge in [0.1, 0.15) is 23.1 Å². The van der Waals surface area contributed by atoms with Gasteiger partial charge in [0.15, 0.2) is 0 Å². The van der Waals surface area contributed by atoms with E-state index in [4.69, 9.17) is 4.74 Å². The number of hydrogen-bond acceptors (Lipinski definition) is 3. The summed E-state index contributed by atoms with van der Waals surface area (Å²) < 4.78 is 34.3. The van der Waals surface area contributed by atoms with Crippen molar-refractivity contribution in [2.45, 2.75) is 26.8 Å². The quantitative estimate of drug-likeness (QED) is 0.443. The molecule has 4 rings (SSSR count). The molecule has 0 spiro atoms. The minimum absolute atomic E-state index is 0.143. The van der Waals surface area contributed by atoms with Gasteiger partial charge in [-0.25, -0.2) is 13.6 Å². The summed E-state index contributed by atoms with van der Waals surface area (Å²) in [5.41, 5.74) is 4.61. The maximum Gasteiger partial charge on any atom is 0.337 e. The first kappa shape index (κ1) is 22.3. The molecule has 1 heterocycles. The molecule has 0 bridgehead atoms. The normalized spacial score (nSPS) is 13.9. The van der Waals surface area contributed by atoms with Gasteiger partial charge in [-0.05, 0) is 67.8 Å². The number of carbonyl (C=O) groups is 1. The van der Waals surface area contributed by atoms with Gasteiger partial charge in [0.2, 0.25) is 0 Å². The molecule has 3 aromatic rings. The van der Waals surface area contributed by atoms with Crippen LogP contribution in [-0.2, 0) is 0 Å². The van der Waals surface area contributed by atoms with Crippen LogP contribution in [0.25, 0.3) is 11.3 Å². The van der Waals surface area contributed by atoms with Crippen molar-refractivity contribution in [1.29, 1.82) is 0 Å². The molecule has 1 unspecified atom stereocenters. The van der Waals surface area contributed by atoms with Crippen LogP contribution in [0.2, 0.25) is 0 Å². The monoisotopic (exact) mass is 447 g/mol. The van der Waals surface area contributed by atoms with Crippen molar-refractivity contribution in [3.63, 3.8) is 0 Å². The first-order valence-corrected chi connectivity index (χ1v) is 10.4. The van der Waals surface area contributed by atoms with Crippen molar-refractivity contribution in [1.82, 2.24) is 0 Å². The number of para-hydroxylation sites is 1. The molecule has 0 aromatic heterocycles. The highest BCUT2D eigenvalue weighted by Gasteiger charge is 2.28. The number of aromatic carboxylic acids is 1. The minimum Gasteiger partial charge on any atom is -0.478 e. The average molecular weight is 447 g/mol. The fourth-order valence-electron chi connectivity index (χ4n) is 4.02. The van der Waals surface area contributed by atoms with Crippen LogP contribution in [0.3, 0.4) is 0 Å². The molecule has 1 aliphatic rings. The van der Waals surface area contributed by atoms with Crippen molar-refractivity contribution in [2.24, 2.45) is 0 Å². The zero-order valence-corrected chi connectivity index (χ0v) is 18.5. The molecule has 33 heavy (non-hydrogen) atoms. The summed E-state index contributed by atoms with van der Waals surface area (Å²) >= 11 is 0. The summed E-state index contributed by atoms with van der Waals surface area (Å²) in [6.45, 7) is 9.82. The fraction of sp³-hybridized carbons (Fsp3) is 0.148. The molecule has 0 saturated carbocycles. The van der Waals surface area contributed by atoms with Crippen LogP contribution < -0.4 is 10.1 Å². The second kappa shape index (κ2) is 8.54. The largest absolute Gasteiger partial charge is 0.478 e. The fourth-order valence-corrected chi connectivity index (χ4v) is 4.02. The first-order chi connectivity index (χ1) is 15.7. The Balaban J connectivity index is 1.79. The zero-order valence-electron chi connectivity index (χ0n) is 18.5. The molecule has 0 saturated heterocycles. The lowest BCUT2D eigenvalue weighted by Crippen LogP contribution is -2.16. The predicted octanol–water partition coefficient (Wildman–Crippen LogP) is 6.98. The van der Waals surface area contributed by atoms with Gasteiger partial charge in [0.05, 0.1) is 17.2 Å². The Bertz CT molecular complexity index is 1330. The number of benzene rings is 3. The second-order valence-corrected chi connectivity index (χ2v) is 8.11. The van der Waals surface area contributed by atoms with Crippen LogP contribution in [-0.4, -0.2) is 11.1 Å². The van der Waals surface area contributed by atoms with E-state index < -0.39 is 17.6 Å². The standard InChI is InChI=1S/C27H23F2NO3/c1-14-11-21-15(2)16(3)25(19-10-9-18(28)13-23(19)29)33-26(21)22(12-14)17(4)30-24-8-6-5-7-20(24)27(31)32/h5-13,17,30H,2H2,1,3-4H3,(H,31,32). The van der Waals surface area contributed by atoms with E-state index in [-0.39, 0.29) is 22.9 Å². The second-order valence-electron chi connectivity index (χ2n) is 8.11. The lowest BCUT2D eigenvalue weighted by Gasteiger charge is -2.29. The highest BCUT2D eigenvalue weighted by atomic mass is 19.1. The third-order valence-electron chi connectivity index (χ3n) is 5.76. The Kier molecular flexibility index (Phi) is 5.77. The van der Waals surface area contributed by atoms with Gasteiger partial charge in [-0.3, -0.25) is 0 Å². The Morgan fingerprint density at radius 1 is 1.06 bits per heavy atom. The maximum atomic E-state index is 14.6. The van der Waals surface area contributed by atoms with Gasteiger partial charge in [-0.1, -0.05) is 24.8 Å². The highest BCUT2D eigenvalue weighted by molar-refractivity contribution is 5.94. The molecule has 0 amide bonds. The Hall–Kier alpha value is -3.93. The summed E-state index contributed by atoms with van der Waals surface area (Å²) in [6, 6.07) is 13.5. The van der Waals surface area contributed by atoms with E-state index in [1.165, 1.54) is 18.2 Å². The molecular weight excluding hydrogens is 424 g/mol. The van der Waals surface area contributed by atoms with E-state index in [9.17, 15) is 18.7 Å². The number of ether oxygens (including phenoxy) is 1. The number of rotatable bonds is 5. The van der Waals surface area contributed by atoms with Crippen molar-refractivity contribution in [2.75, 3.05) is 5.32 Å². The minimum atomic E-state index is -1.03.